The van der Waals surface area contributed by atoms with Crippen LogP contribution in [0.25, 0.3) is 11.0 Å². The molecule has 2 aliphatic rings. The zero-order valence-electron chi connectivity index (χ0n) is 11.9. The highest BCUT2D eigenvalue weighted by atomic mass is 15.1. The Morgan fingerprint density at radius 1 is 0.947 bits per heavy atom. The van der Waals surface area contributed by atoms with Gasteiger partial charge in [0.05, 0.1) is 11.0 Å². The standard InChI is InChI=1S/C14H15N3.C2H6/c1-17-7-9-4-10(8-17)12-6-14-13(5-11(9)12)15-2-3-16-14;1-2/h2-3,5-6,9-10H,4,7-8H2,1H3;1-2H3. The molecule has 0 saturated carbocycles. The molecule has 0 radical (unpaired) electrons. The third-order valence-electron chi connectivity index (χ3n) is 4.19. The van der Waals surface area contributed by atoms with E-state index in [1.165, 1.54) is 30.6 Å². The summed E-state index contributed by atoms with van der Waals surface area (Å²) < 4.78 is 0. The SMILES string of the molecule is CC.CN1CC2CC(C1)c1cc3nccnc3cc12. The van der Waals surface area contributed by atoms with Crippen LogP contribution in [0.3, 0.4) is 0 Å². The third-order valence-corrected chi connectivity index (χ3v) is 4.19. The summed E-state index contributed by atoms with van der Waals surface area (Å²) in [6.45, 7) is 6.38. The van der Waals surface area contributed by atoms with Crippen molar-refractivity contribution in [1.29, 1.82) is 0 Å². The zero-order chi connectivity index (χ0) is 13.4. The molecule has 1 aromatic heterocycles. The van der Waals surface area contributed by atoms with Crippen molar-refractivity contribution in [1.82, 2.24) is 14.9 Å². The molecule has 2 bridgehead atoms. The van der Waals surface area contributed by atoms with Crippen molar-refractivity contribution >= 4 is 11.0 Å². The van der Waals surface area contributed by atoms with Crippen molar-refractivity contribution in [2.24, 2.45) is 0 Å². The average Bonchev–Trinajstić information content (AvgIpc) is 2.70. The molecule has 0 amide bonds. The Kier molecular flexibility index (Phi) is 3.23. The first kappa shape index (κ1) is 12.5. The molecule has 0 spiro atoms. The molecule has 1 saturated heterocycles. The molecular weight excluding hydrogens is 234 g/mol. The zero-order valence-corrected chi connectivity index (χ0v) is 11.9. The van der Waals surface area contributed by atoms with Gasteiger partial charge < -0.3 is 4.90 Å². The molecule has 4 rings (SSSR count). The van der Waals surface area contributed by atoms with Gasteiger partial charge in [-0.2, -0.15) is 0 Å². The Morgan fingerprint density at radius 2 is 1.42 bits per heavy atom. The summed E-state index contributed by atoms with van der Waals surface area (Å²) in [5.74, 6) is 1.42. The first-order chi connectivity index (χ1) is 9.31. The highest BCUT2D eigenvalue weighted by Crippen LogP contribution is 2.46. The van der Waals surface area contributed by atoms with Gasteiger partial charge in [0, 0.05) is 25.5 Å². The van der Waals surface area contributed by atoms with Gasteiger partial charge >= 0.3 is 0 Å². The summed E-state index contributed by atoms with van der Waals surface area (Å²) in [5, 5.41) is 0. The molecule has 100 valence electrons. The van der Waals surface area contributed by atoms with E-state index < -0.39 is 0 Å². The predicted molar refractivity (Wildman–Crippen MR) is 78.5 cm³/mol. The summed E-state index contributed by atoms with van der Waals surface area (Å²) >= 11 is 0. The van der Waals surface area contributed by atoms with Gasteiger partial charge in [-0.05, 0) is 48.6 Å². The second-order valence-electron chi connectivity index (χ2n) is 5.38. The minimum Gasteiger partial charge on any atom is -0.305 e. The molecule has 1 aromatic carbocycles. The highest BCUT2D eigenvalue weighted by Gasteiger charge is 2.36. The van der Waals surface area contributed by atoms with Gasteiger partial charge in [0.15, 0.2) is 0 Å². The first-order valence-electron chi connectivity index (χ1n) is 7.24. The summed E-state index contributed by atoms with van der Waals surface area (Å²) in [7, 11) is 2.22. The van der Waals surface area contributed by atoms with Crippen molar-refractivity contribution in [3.05, 3.63) is 35.7 Å². The Labute approximate surface area is 114 Å². The van der Waals surface area contributed by atoms with Crippen LogP contribution in [0.2, 0.25) is 0 Å². The molecule has 2 heterocycles. The molecule has 2 atom stereocenters. The highest BCUT2D eigenvalue weighted by molar-refractivity contribution is 5.77. The van der Waals surface area contributed by atoms with Crippen LogP contribution in [-0.4, -0.2) is 35.0 Å². The van der Waals surface area contributed by atoms with Gasteiger partial charge in [-0.15, -0.1) is 0 Å². The summed E-state index contributed by atoms with van der Waals surface area (Å²) in [6.07, 6.45) is 4.87. The van der Waals surface area contributed by atoms with Crippen molar-refractivity contribution in [2.45, 2.75) is 32.1 Å². The molecule has 2 aromatic rings. The van der Waals surface area contributed by atoms with E-state index in [2.05, 4.69) is 34.0 Å². The maximum atomic E-state index is 4.42. The Morgan fingerprint density at radius 3 is 1.89 bits per heavy atom. The fourth-order valence-corrected chi connectivity index (χ4v) is 3.52. The van der Waals surface area contributed by atoms with Crippen molar-refractivity contribution in [3.8, 4) is 0 Å². The van der Waals surface area contributed by atoms with E-state index in [0.717, 1.165) is 11.0 Å². The van der Waals surface area contributed by atoms with Gasteiger partial charge in [-0.1, -0.05) is 13.8 Å². The Hall–Kier alpha value is -1.48. The number of fused-ring (bicyclic) bond motifs is 6. The van der Waals surface area contributed by atoms with E-state index in [-0.39, 0.29) is 0 Å². The number of aromatic nitrogens is 2. The number of hydrogen-bond acceptors (Lipinski definition) is 3. The van der Waals surface area contributed by atoms with E-state index >= 15 is 0 Å². The molecule has 2 unspecified atom stereocenters. The van der Waals surface area contributed by atoms with Crippen LogP contribution in [0.15, 0.2) is 24.5 Å². The Bertz CT molecular complexity index is 543. The molecule has 3 heteroatoms. The lowest BCUT2D eigenvalue weighted by Crippen LogP contribution is -2.31. The third kappa shape index (κ3) is 2.02. The predicted octanol–water partition coefficient (Wildman–Crippen LogP) is 3.17. The maximum absolute atomic E-state index is 4.42. The van der Waals surface area contributed by atoms with Crippen LogP contribution in [-0.2, 0) is 0 Å². The van der Waals surface area contributed by atoms with Crippen molar-refractivity contribution in [2.75, 3.05) is 20.1 Å². The van der Waals surface area contributed by atoms with Crippen molar-refractivity contribution < 1.29 is 0 Å². The van der Waals surface area contributed by atoms with E-state index in [0.29, 0.717) is 11.8 Å². The topological polar surface area (TPSA) is 29.0 Å². The van der Waals surface area contributed by atoms with E-state index in [1.54, 1.807) is 12.4 Å². The van der Waals surface area contributed by atoms with Gasteiger partial charge in [-0.25, -0.2) is 0 Å². The number of nitrogens with zero attached hydrogens (tertiary/aromatic N) is 3. The number of benzene rings is 1. The van der Waals surface area contributed by atoms with Crippen LogP contribution >= 0.6 is 0 Å². The minimum absolute atomic E-state index is 0.708. The van der Waals surface area contributed by atoms with E-state index in [9.17, 15) is 0 Å². The van der Waals surface area contributed by atoms with Gasteiger partial charge in [0.2, 0.25) is 0 Å². The minimum atomic E-state index is 0.708. The maximum Gasteiger partial charge on any atom is 0.0889 e. The van der Waals surface area contributed by atoms with E-state index in [4.69, 9.17) is 0 Å². The van der Waals surface area contributed by atoms with Gasteiger partial charge in [0.25, 0.3) is 0 Å². The lowest BCUT2D eigenvalue weighted by atomic mass is 9.96. The largest absolute Gasteiger partial charge is 0.305 e. The number of piperidine rings is 1. The molecule has 1 aliphatic heterocycles. The number of hydrogen-bond donors (Lipinski definition) is 0. The van der Waals surface area contributed by atoms with Crippen molar-refractivity contribution in [3.63, 3.8) is 0 Å². The second-order valence-corrected chi connectivity index (χ2v) is 5.38. The molecule has 1 aliphatic carbocycles. The quantitative estimate of drug-likeness (QED) is 0.724. The lowest BCUT2D eigenvalue weighted by Gasteiger charge is -2.28. The second kappa shape index (κ2) is 4.89. The molecule has 1 fully saturated rings. The number of likely N-dealkylation sites (N-methyl/N-ethyl adjacent to an activating group) is 1. The van der Waals surface area contributed by atoms with Gasteiger partial charge in [0.1, 0.15) is 0 Å². The first-order valence-corrected chi connectivity index (χ1v) is 7.24. The smallest absolute Gasteiger partial charge is 0.0889 e. The lowest BCUT2D eigenvalue weighted by molar-refractivity contribution is 0.245. The molecule has 19 heavy (non-hydrogen) atoms. The van der Waals surface area contributed by atoms with Crippen LogP contribution in [0.5, 0.6) is 0 Å². The normalized spacial score (nSPS) is 24.8. The average molecular weight is 255 g/mol. The summed E-state index contributed by atoms with van der Waals surface area (Å²) in [6, 6.07) is 4.53. The van der Waals surface area contributed by atoms with Crippen LogP contribution in [0.1, 0.15) is 43.2 Å². The molecular formula is C16H21N3. The fraction of sp³-hybridized carbons (Fsp3) is 0.500. The van der Waals surface area contributed by atoms with Crippen LogP contribution < -0.4 is 0 Å². The molecule has 0 N–H and O–H groups in total. The monoisotopic (exact) mass is 255 g/mol. The van der Waals surface area contributed by atoms with Crippen LogP contribution in [0, 0.1) is 0 Å². The number of rotatable bonds is 0. The Balaban J connectivity index is 0.000000528. The van der Waals surface area contributed by atoms with Gasteiger partial charge in [-0.3, -0.25) is 9.97 Å². The summed E-state index contributed by atoms with van der Waals surface area (Å²) in [5.41, 5.74) is 5.13. The molecule has 3 nitrogen and oxygen atoms in total. The summed E-state index contributed by atoms with van der Waals surface area (Å²) in [4.78, 5) is 11.3. The fourth-order valence-electron chi connectivity index (χ4n) is 3.52. The van der Waals surface area contributed by atoms with E-state index in [1.807, 2.05) is 13.8 Å². The number of likely N-dealkylation sites (tertiary alicyclic amines) is 1. The van der Waals surface area contributed by atoms with Crippen LogP contribution in [0.4, 0.5) is 0 Å².